The third-order valence-corrected chi connectivity index (χ3v) is 8.09. The minimum Gasteiger partial charge on any atom is -0.352 e. The number of rotatable bonds is 10. The molecule has 0 aliphatic heterocycles. The molecule has 0 heterocycles. The highest BCUT2D eigenvalue weighted by Crippen LogP contribution is 2.31. The summed E-state index contributed by atoms with van der Waals surface area (Å²) in [6.45, 7) is 4.66. The van der Waals surface area contributed by atoms with Crippen LogP contribution in [0.2, 0.25) is 10.0 Å². The molecule has 3 aromatic rings. The van der Waals surface area contributed by atoms with E-state index in [1.165, 1.54) is 23.1 Å². The fraction of sp³-hybridized carbons (Fsp3) is 0.259. The lowest BCUT2D eigenvalue weighted by Gasteiger charge is -2.32. The van der Waals surface area contributed by atoms with Crippen LogP contribution in [0.1, 0.15) is 26.3 Å². The Bertz CT molecular complexity index is 1350. The van der Waals surface area contributed by atoms with Gasteiger partial charge < -0.3 is 10.2 Å². The Morgan fingerprint density at radius 2 is 1.41 bits per heavy atom. The highest BCUT2D eigenvalue weighted by molar-refractivity contribution is 7.92. The van der Waals surface area contributed by atoms with Gasteiger partial charge in [0.05, 0.1) is 15.6 Å². The summed E-state index contributed by atoms with van der Waals surface area (Å²) in [6, 6.07) is 20.1. The van der Waals surface area contributed by atoms with Gasteiger partial charge in [-0.2, -0.15) is 0 Å². The third kappa shape index (κ3) is 7.03. The lowest BCUT2D eigenvalue weighted by Crippen LogP contribution is -2.52. The van der Waals surface area contributed by atoms with Gasteiger partial charge in [0.1, 0.15) is 12.6 Å². The first kappa shape index (κ1) is 28.5. The zero-order valence-corrected chi connectivity index (χ0v) is 23.1. The van der Waals surface area contributed by atoms with Crippen LogP contribution in [0.3, 0.4) is 0 Å². The number of amides is 2. The Kier molecular flexibility index (Phi) is 9.59. The topological polar surface area (TPSA) is 86.8 Å². The van der Waals surface area contributed by atoms with Gasteiger partial charge in [-0.1, -0.05) is 71.7 Å². The lowest BCUT2D eigenvalue weighted by molar-refractivity contribution is -0.139. The molecule has 0 saturated carbocycles. The van der Waals surface area contributed by atoms with E-state index in [0.29, 0.717) is 10.6 Å². The van der Waals surface area contributed by atoms with Crippen molar-refractivity contribution in [3.63, 3.8) is 0 Å². The molecule has 0 aliphatic rings. The zero-order chi connectivity index (χ0) is 27.2. The Morgan fingerprint density at radius 1 is 0.838 bits per heavy atom. The maximum absolute atomic E-state index is 13.8. The van der Waals surface area contributed by atoms with Gasteiger partial charge >= 0.3 is 0 Å². The normalized spacial score (nSPS) is 12.2. The maximum atomic E-state index is 13.8. The van der Waals surface area contributed by atoms with E-state index in [-0.39, 0.29) is 34.1 Å². The van der Waals surface area contributed by atoms with Crippen LogP contribution in [0.25, 0.3) is 0 Å². The average molecular weight is 563 g/mol. The molecule has 10 heteroatoms. The molecule has 0 bridgehead atoms. The molecule has 3 aromatic carbocycles. The first-order valence-corrected chi connectivity index (χ1v) is 13.9. The van der Waals surface area contributed by atoms with Crippen LogP contribution >= 0.6 is 23.2 Å². The number of carbonyl (C=O) groups excluding carboxylic acids is 2. The first-order valence-electron chi connectivity index (χ1n) is 11.7. The lowest BCUT2D eigenvalue weighted by atomic mass is 10.1. The molecule has 1 N–H and O–H groups in total. The SMILES string of the molecule is CC(C)NC(=O)[C@@H](C)N(Cc1ccccc1Cl)C(=O)CN(c1ccccc1Cl)S(=O)(=O)c1ccccc1. The molecule has 0 radical (unpaired) electrons. The number of nitrogens with zero attached hydrogens (tertiary/aromatic N) is 2. The summed E-state index contributed by atoms with van der Waals surface area (Å²) in [5.41, 5.74) is 0.773. The molecule has 2 amide bonds. The Hall–Kier alpha value is -3.07. The van der Waals surface area contributed by atoms with Crippen LogP contribution in [-0.2, 0) is 26.2 Å². The third-order valence-electron chi connectivity index (χ3n) is 5.63. The predicted molar refractivity (Wildman–Crippen MR) is 147 cm³/mol. The second-order valence-electron chi connectivity index (χ2n) is 8.73. The van der Waals surface area contributed by atoms with Gasteiger partial charge in [-0.05, 0) is 56.7 Å². The van der Waals surface area contributed by atoms with E-state index < -0.39 is 28.5 Å². The van der Waals surface area contributed by atoms with E-state index in [4.69, 9.17) is 23.2 Å². The van der Waals surface area contributed by atoms with Crippen molar-refractivity contribution in [3.8, 4) is 0 Å². The molecular weight excluding hydrogens is 533 g/mol. The van der Waals surface area contributed by atoms with E-state index in [9.17, 15) is 18.0 Å². The minimum absolute atomic E-state index is 0.00553. The maximum Gasteiger partial charge on any atom is 0.264 e. The molecule has 0 unspecified atom stereocenters. The second kappa shape index (κ2) is 12.4. The minimum atomic E-state index is -4.18. The second-order valence-corrected chi connectivity index (χ2v) is 11.4. The average Bonchev–Trinajstić information content (AvgIpc) is 2.87. The van der Waals surface area contributed by atoms with E-state index in [1.807, 2.05) is 13.8 Å². The molecule has 7 nitrogen and oxygen atoms in total. The molecular formula is C27H29Cl2N3O4S. The van der Waals surface area contributed by atoms with Gasteiger partial charge in [0.25, 0.3) is 10.0 Å². The molecule has 0 aliphatic carbocycles. The van der Waals surface area contributed by atoms with Crippen LogP contribution in [0, 0.1) is 0 Å². The standard InChI is InChI=1S/C27H29Cl2N3O4S/c1-19(2)30-27(34)20(3)31(17-21-11-7-8-14-23(21)28)26(33)18-32(25-16-10-9-15-24(25)29)37(35,36)22-12-5-4-6-13-22/h4-16,19-20H,17-18H2,1-3H3,(H,30,34)/t20-/m1/s1. The van der Waals surface area contributed by atoms with Gasteiger partial charge in [-0.3, -0.25) is 13.9 Å². The van der Waals surface area contributed by atoms with E-state index in [1.54, 1.807) is 67.6 Å². The number of carbonyl (C=O) groups is 2. The summed E-state index contributed by atoms with van der Waals surface area (Å²) >= 11 is 12.7. The molecule has 0 aromatic heterocycles. The fourth-order valence-electron chi connectivity index (χ4n) is 3.68. The summed E-state index contributed by atoms with van der Waals surface area (Å²) in [5.74, 6) is -0.962. The van der Waals surface area contributed by atoms with Crippen LogP contribution in [0.5, 0.6) is 0 Å². The van der Waals surface area contributed by atoms with Crippen molar-refractivity contribution in [3.05, 3.63) is 94.5 Å². The largest absolute Gasteiger partial charge is 0.352 e. The predicted octanol–water partition coefficient (Wildman–Crippen LogP) is 5.13. The molecule has 0 fully saturated rings. The van der Waals surface area contributed by atoms with Crippen molar-refractivity contribution >= 4 is 50.7 Å². The molecule has 3 rings (SSSR count). The van der Waals surface area contributed by atoms with Crippen LogP contribution in [-0.4, -0.2) is 43.8 Å². The number of hydrogen-bond acceptors (Lipinski definition) is 4. The highest BCUT2D eigenvalue weighted by atomic mass is 35.5. The van der Waals surface area contributed by atoms with Crippen molar-refractivity contribution in [1.29, 1.82) is 0 Å². The van der Waals surface area contributed by atoms with E-state index in [0.717, 1.165) is 4.31 Å². The monoisotopic (exact) mass is 561 g/mol. The number of halogens is 2. The number of para-hydroxylation sites is 1. The number of sulfonamides is 1. The van der Waals surface area contributed by atoms with Crippen LogP contribution in [0.4, 0.5) is 5.69 Å². The van der Waals surface area contributed by atoms with Crippen molar-refractivity contribution in [2.24, 2.45) is 0 Å². The fourth-order valence-corrected chi connectivity index (χ4v) is 5.62. The van der Waals surface area contributed by atoms with Crippen LogP contribution < -0.4 is 9.62 Å². The van der Waals surface area contributed by atoms with Gasteiger partial charge in [0.15, 0.2) is 0 Å². The highest BCUT2D eigenvalue weighted by Gasteiger charge is 2.33. The summed E-state index contributed by atoms with van der Waals surface area (Å²) in [5, 5.41) is 3.40. The Balaban J connectivity index is 2.04. The van der Waals surface area contributed by atoms with Gasteiger partial charge in [0, 0.05) is 17.6 Å². The number of benzene rings is 3. The van der Waals surface area contributed by atoms with Crippen molar-refractivity contribution in [1.82, 2.24) is 10.2 Å². The van der Waals surface area contributed by atoms with E-state index in [2.05, 4.69) is 5.32 Å². The number of nitrogens with one attached hydrogen (secondary N) is 1. The van der Waals surface area contributed by atoms with Crippen LogP contribution in [0.15, 0.2) is 83.8 Å². The van der Waals surface area contributed by atoms with E-state index >= 15 is 0 Å². The molecule has 37 heavy (non-hydrogen) atoms. The Labute approximate surface area is 228 Å². The van der Waals surface area contributed by atoms with Crippen molar-refractivity contribution in [2.45, 2.75) is 44.3 Å². The summed E-state index contributed by atoms with van der Waals surface area (Å²) < 4.78 is 28.4. The number of anilines is 1. The summed E-state index contributed by atoms with van der Waals surface area (Å²) in [7, 11) is -4.18. The summed E-state index contributed by atoms with van der Waals surface area (Å²) in [6.07, 6.45) is 0. The quantitative estimate of drug-likeness (QED) is 0.371. The molecule has 1 atom stereocenters. The number of hydrogen-bond donors (Lipinski definition) is 1. The zero-order valence-electron chi connectivity index (χ0n) is 20.8. The van der Waals surface area contributed by atoms with Gasteiger partial charge in [-0.15, -0.1) is 0 Å². The van der Waals surface area contributed by atoms with Gasteiger partial charge in [0.2, 0.25) is 11.8 Å². The molecule has 0 saturated heterocycles. The molecule has 196 valence electrons. The summed E-state index contributed by atoms with van der Waals surface area (Å²) in [4.78, 5) is 28.1. The Morgan fingerprint density at radius 3 is 2.00 bits per heavy atom. The molecule has 0 spiro atoms. The van der Waals surface area contributed by atoms with Crippen molar-refractivity contribution < 1.29 is 18.0 Å². The smallest absolute Gasteiger partial charge is 0.264 e. The van der Waals surface area contributed by atoms with Gasteiger partial charge in [-0.25, -0.2) is 8.42 Å². The first-order chi connectivity index (χ1) is 17.5. The van der Waals surface area contributed by atoms with Crippen molar-refractivity contribution in [2.75, 3.05) is 10.8 Å².